The Morgan fingerprint density at radius 1 is 1.17 bits per heavy atom. The standard InChI is InChI=1S/C23H23N3O2S/c27-22(15-24-23(17-10-11-17)16-6-2-1-3-7-16)26-19(21-9-5-13-29-21)14-18(25-26)20-8-4-12-28-20/h1-9,12-13,17,19,23-24H,10-11,14-15H2. The van der Waals surface area contributed by atoms with Crippen molar-refractivity contribution in [3.05, 3.63) is 82.4 Å². The lowest BCUT2D eigenvalue weighted by atomic mass is 10.0. The van der Waals surface area contributed by atoms with E-state index in [-0.39, 0.29) is 24.5 Å². The molecule has 2 atom stereocenters. The van der Waals surface area contributed by atoms with Crippen molar-refractivity contribution < 1.29 is 9.21 Å². The highest BCUT2D eigenvalue weighted by Crippen LogP contribution is 2.41. The fourth-order valence-electron chi connectivity index (χ4n) is 3.96. The van der Waals surface area contributed by atoms with Gasteiger partial charge in [0, 0.05) is 17.3 Å². The van der Waals surface area contributed by atoms with Crippen molar-refractivity contribution in [2.45, 2.75) is 31.3 Å². The highest BCUT2D eigenvalue weighted by atomic mass is 32.1. The average molecular weight is 406 g/mol. The molecule has 3 aromatic rings. The number of benzene rings is 1. The first-order valence-corrected chi connectivity index (χ1v) is 10.9. The van der Waals surface area contributed by atoms with Crippen molar-refractivity contribution in [3.63, 3.8) is 0 Å². The number of carbonyl (C=O) groups is 1. The normalized spacial score (nSPS) is 19.9. The zero-order chi connectivity index (χ0) is 19.6. The molecule has 1 N–H and O–H groups in total. The quantitative estimate of drug-likeness (QED) is 0.617. The summed E-state index contributed by atoms with van der Waals surface area (Å²) in [7, 11) is 0. The molecular weight excluding hydrogens is 382 g/mol. The van der Waals surface area contributed by atoms with Crippen LogP contribution in [0.15, 0.2) is 75.8 Å². The third kappa shape index (κ3) is 3.91. The zero-order valence-electron chi connectivity index (χ0n) is 16.0. The Morgan fingerprint density at radius 2 is 2.03 bits per heavy atom. The molecular formula is C23H23N3O2S. The maximum atomic E-state index is 13.2. The van der Waals surface area contributed by atoms with Crippen molar-refractivity contribution in [2.75, 3.05) is 6.54 Å². The summed E-state index contributed by atoms with van der Waals surface area (Å²) >= 11 is 1.66. The van der Waals surface area contributed by atoms with Gasteiger partial charge in [-0.2, -0.15) is 5.10 Å². The summed E-state index contributed by atoms with van der Waals surface area (Å²) in [6.07, 6.45) is 4.74. The van der Waals surface area contributed by atoms with Crippen molar-refractivity contribution in [3.8, 4) is 0 Å². The van der Waals surface area contributed by atoms with E-state index in [9.17, 15) is 4.79 Å². The number of nitrogens with zero attached hydrogens (tertiary/aromatic N) is 2. The number of hydrogen-bond donors (Lipinski definition) is 1. The average Bonchev–Trinajstić information content (AvgIpc) is 3.19. The molecule has 5 nitrogen and oxygen atoms in total. The Kier molecular flexibility index (Phi) is 5.04. The molecule has 1 aliphatic carbocycles. The van der Waals surface area contributed by atoms with Gasteiger partial charge in [-0.3, -0.25) is 4.79 Å². The van der Waals surface area contributed by atoms with Crippen LogP contribution in [0, 0.1) is 5.92 Å². The second kappa shape index (κ2) is 7.97. The summed E-state index contributed by atoms with van der Waals surface area (Å²) < 4.78 is 5.53. The van der Waals surface area contributed by atoms with E-state index >= 15 is 0 Å². The molecule has 1 aliphatic heterocycles. The van der Waals surface area contributed by atoms with Gasteiger partial charge in [-0.25, -0.2) is 5.01 Å². The van der Waals surface area contributed by atoms with Gasteiger partial charge in [0.15, 0.2) is 0 Å². The Labute approximate surface area is 174 Å². The maximum absolute atomic E-state index is 13.2. The minimum Gasteiger partial charge on any atom is -0.463 e. The molecule has 0 bridgehead atoms. The van der Waals surface area contributed by atoms with Gasteiger partial charge in [0.1, 0.15) is 11.5 Å². The van der Waals surface area contributed by atoms with Crippen LogP contribution >= 0.6 is 11.3 Å². The molecule has 1 saturated carbocycles. The monoisotopic (exact) mass is 405 g/mol. The third-order valence-corrected chi connectivity index (χ3v) is 6.54. The number of furan rings is 1. The Balaban J connectivity index is 1.33. The van der Waals surface area contributed by atoms with Gasteiger partial charge in [0.25, 0.3) is 5.91 Å². The molecule has 0 radical (unpaired) electrons. The fraction of sp³-hybridized carbons (Fsp3) is 0.304. The first-order valence-electron chi connectivity index (χ1n) is 10.0. The van der Waals surface area contributed by atoms with Gasteiger partial charge in [-0.1, -0.05) is 36.4 Å². The topological polar surface area (TPSA) is 57.8 Å². The lowest BCUT2D eigenvalue weighted by Crippen LogP contribution is -2.37. The van der Waals surface area contributed by atoms with Gasteiger partial charge in [0.2, 0.25) is 0 Å². The number of amides is 1. The van der Waals surface area contributed by atoms with Gasteiger partial charge in [-0.05, 0) is 47.9 Å². The van der Waals surface area contributed by atoms with E-state index in [1.165, 1.54) is 18.4 Å². The smallest absolute Gasteiger partial charge is 0.257 e. The number of thiophene rings is 1. The van der Waals surface area contributed by atoms with Crippen LogP contribution in [0.5, 0.6) is 0 Å². The maximum Gasteiger partial charge on any atom is 0.257 e. The number of rotatable bonds is 7. The zero-order valence-corrected chi connectivity index (χ0v) is 16.8. The summed E-state index contributed by atoms with van der Waals surface area (Å²) in [5, 5.41) is 11.8. The van der Waals surface area contributed by atoms with E-state index in [1.807, 2.05) is 29.6 Å². The molecule has 6 heteroatoms. The molecule has 5 rings (SSSR count). The van der Waals surface area contributed by atoms with E-state index in [0.717, 1.165) is 16.3 Å². The van der Waals surface area contributed by atoms with Crippen LogP contribution in [-0.2, 0) is 4.79 Å². The van der Waals surface area contributed by atoms with Gasteiger partial charge in [-0.15, -0.1) is 11.3 Å². The molecule has 1 aromatic carbocycles. The molecule has 2 unspecified atom stereocenters. The summed E-state index contributed by atoms with van der Waals surface area (Å²) in [6.45, 7) is 0.271. The van der Waals surface area contributed by atoms with E-state index in [0.29, 0.717) is 12.3 Å². The predicted molar refractivity (Wildman–Crippen MR) is 114 cm³/mol. The van der Waals surface area contributed by atoms with Crippen LogP contribution in [0.25, 0.3) is 0 Å². The minimum atomic E-state index is -0.0690. The number of hydrogen-bond acceptors (Lipinski definition) is 5. The summed E-state index contributed by atoms with van der Waals surface area (Å²) in [5.41, 5.74) is 2.07. The molecule has 148 valence electrons. The fourth-order valence-corrected chi connectivity index (χ4v) is 4.77. The minimum absolute atomic E-state index is 0.00784. The van der Waals surface area contributed by atoms with Crippen molar-refractivity contribution in [1.29, 1.82) is 0 Å². The van der Waals surface area contributed by atoms with Crippen molar-refractivity contribution >= 4 is 23.0 Å². The Hall–Kier alpha value is -2.70. The molecule has 1 amide bonds. The Bertz CT molecular complexity index is 979. The third-order valence-electron chi connectivity index (χ3n) is 5.57. The van der Waals surface area contributed by atoms with Crippen LogP contribution in [-0.4, -0.2) is 23.2 Å². The molecule has 1 fully saturated rings. The SMILES string of the molecule is O=C(CNC(c1ccccc1)C1CC1)N1N=C(c2ccco2)CC1c1cccs1. The van der Waals surface area contributed by atoms with Crippen LogP contribution in [0.1, 0.15) is 47.5 Å². The molecule has 2 aromatic heterocycles. The summed E-state index contributed by atoms with van der Waals surface area (Å²) in [5.74, 6) is 1.33. The van der Waals surface area contributed by atoms with Crippen LogP contribution in [0.4, 0.5) is 0 Å². The second-order valence-corrected chi connectivity index (χ2v) is 8.58. The number of carbonyl (C=O) groups excluding carboxylic acids is 1. The van der Waals surface area contributed by atoms with Crippen LogP contribution in [0.3, 0.4) is 0 Å². The lowest BCUT2D eigenvalue weighted by molar-refractivity contribution is -0.132. The molecule has 0 saturated heterocycles. The van der Waals surface area contributed by atoms with E-state index in [4.69, 9.17) is 4.42 Å². The summed E-state index contributed by atoms with van der Waals surface area (Å²) in [6, 6.07) is 18.4. The van der Waals surface area contributed by atoms with E-state index in [2.05, 4.69) is 40.8 Å². The van der Waals surface area contributed by atoms with Crippen molar-refractivity contribution in [2.24, 2.45) is 11.0 Å². The Morgan fingerprint density at radius 3 is 2.72 bits per heavy atom. The van der Waals surface area contributed by atoms with Crippen LogP contribution in [0.2, 0.25) is 0 Å². The molecule has 3 heterocycles. The molecule has 2 aliphatic rings. The van der Waals surface area contributed by atoms with Gasteiger partial charge >= 0.3 is 0 Å². The summed E-state index contributed by atoms with van der Waals surface area (Å²) in [4.78, 5) is 14.3. The van der Waals surface area contributed by atoms with Crippen molar-refractivity contribution in [1.82, 2.24) is 10.3 Å². The predicted octanol–water partition coefficient (Wildman–Crippen LogP) is 4.76. The van der Waals surface area contributed by atoms with E-state index in [1.54, 1.807) is 22.6 Å². The first kappa shape index (κ1) is 18.3. The van der Waals surface area contributed by atoms with Gasteiger partial charge < -0.3 is 9.73 Å². The first-order chi connectivity index (χ1) is 14.3. The largest absolute Gasteiger partial charge is 0.463 e. The van der Waals surface area contributed by atoms with E-state index < -0.39 is 0 Å². The highest BCUT2D eigenvalue weighted by Gasteiger charge is 2.36. The second-order valence-electron chi connectivity index (χ2n) is 7.60. The number of hydrazone groups is 1. The van der Waals surface area contributed by atoms with Crippen LogP contribution < -0.4 is 5.32 Å². The molecule has 29 heavy (non-hydrogen) atoms. The molecule has 0 spiro atoms. The number of nitrogens with one attached hydrogen (secondary N) is 1. The lowest BCUT2D eigenvalue weighted by Gasteiger charge is -2.23. The van der Waals surface area contributed by atoms with Gasteiger partial charge in [0.05, 0.1) is 18.8 Å². The highest BCUT2D eigenvalue weighted by molar-refractivity contribution is 7.10.